The highest BCUT2D eigenvalue weighted by atomic mass is 16.2. The predicted molar refractivity (Wildman–Crippen MR) is 56.2 cm³/mol. The number of amides is 2. The van der Waals surface area contributed by atoms with Crippen LogP contribution in [-0.2, 0) is 0 Å². The van der Waals surface area contributed by atoms with Gasteiger partial charge in [-0.1, -0.05) is 18.2 Å². The molecule has 1 aromatic carbocycles. The van der Waals surface area contributed by atoms with Crippen LogP contribution in [0.4, 0.5) is 10.5 Å². The lowest BCUT2D eigenvalue weighted by molar-refractivity contribution is 0.136. The van der Waals surface area contributed by atoms with Crippen LogP contribution in [0, 0.1) is 0 Å². The van der Waals surface area contributed by atoms with Crippen LogP contribution in [0.3, 0.4) is 0 Å². The Morgan fingerprint density at radius 3 is 2.64 bits per heavy atom. The lowest BCUT2D eigenvalue weighted by Crippen LogP contribution is -2.51. The Morgan fingerprint density at radius 1 is 1.43 bits per heavy atom. The maximum absolute atomic E-state index is 11.6. The molecule has 0 spiro atoms. The van der Waals surface area contributed by atoms with Crippen molar-refractivity contribution in [3.63, 3.8) is 0 Å². The van der Waals surface area contributed by atoms with Crippen molar-refractivity contribution < 1.29 is 4.79 Å². The van der Waals surface area contributed by atoms with Crippen molar-refractivity contribution in [1.82, 2.24) is 4.90 Å². The van der Waals surface area contributed by atoms with E-state index in [-0.39, 0.29) is 6.03 Å². The van der Waals surface area contributed by atoms with Crippen LogP contribution in [0.15, 0.2) is 30.3 Å². The average Bonchev–Trinajstić information content (AvgIpc) is 2.17. The summed E-state index contributed by atoms with van der Waals surface area (Å²) >= 11 is 0. The quantitative estimate of drug-likeness (QED) is 0.724. The minimum absolute atomic E-state index is 0.00921. The van der Waals surface area contributed by atoms with E-state index in [4.69, 9.17) is 0 Å². The summed E-state index contributed by atoms with van der Waals surface area (Å²) in [5.74, 6) is 0. The normalized spacial score (nSPS) is 20.1. The second kappa shape index (κ2) is 3.70. The van der Waals surface area contributed by atoms with Crippen LogP contribution in [0.5, 0.6) is 0 Å². The molecular formula is C11H14N2O. The molecule has 3 heteroatoms. The van der Waals surface area contributed by atoms with Crippen molar-refractivity contribution in [2.24, 2.45) is 0 Å². The maximum atomic E-state index is 11.6. The number of hydrogen-bond acceptors (Lipinski definition) is 1. The SMILES string of the molecule is CC1CCN1C(=O)Nc1ccccc1. The monoisotopic (exact) mass is 190 g/mol. The van der Waals surface area contributed by atoms with Crippen LogP contribution in [0.1, 0.15) is 13.3 Å². The molecule has 1 atom stereocenters. The molecule has 1 aliphatic heterocycles. The maximum Gasteiger partial charge on any atom is 0.322 e. The molecule has 0 aromatic heterocycles. The molecule has 1 aromatic rings. The van der Waals surface area contributed by atoms with Gasteiger partial charge in [0.15, 0.2) is 0 Å². The van der Waals surface area contributed by atoms with Gasteiger partial charge in [0.25, 0.3) is 0 Å². The van der Waals surface area contributed by atoms with Gasteiger partial charge in [0.1, 0.15) is 0 Å². The number of rotatable bonds is 1. The Kier molecular flexibility index (Phi) is 2.39. The summed E-state index contributed by atoms with van der Waals surface area (Å²) < 4.78 is 0. The highest BCUT2D eigenvalue weighted by molar-refractivity contribution is 5.89. The number of nitrogens with zero attached hydrogens (tertiary/aromatic N) is 1. The first-order valence-corrected chi connectivity index (χ1v) is 4.90. The molecule has 2 amide bonds. The Bertz CT molecular complexity index is 323. The molecule has 74 valence electrons. The van der Waals surface area contributed by atoms with E-state index in [1.807, 2.05) is 35.2 Å². The Balaban J connectivity index is 1.95. The van der Waals surface area contributed by atoms with Crippen molar-refractivity contribution in [3.8, 4) is 0 Å². The lowest BCUT2D eigenvalue weighted by Gasteiger charge is -2.38. The first kappa shape index (κ1) is 9.06. The zero-order valence-electron chi connectivity index (χ0n) is 8.23. The summed E-state index contributed by atoms with van der Waals surface area (Å²) in [5, 5.41) is 2.86. The molecule has 1 heterocycles. The lowest BCUT2D eigenvalue weighted by atomic mass is 10.1. The summed E-state index contributed by atoms with van der Waals surface area (Å²) in [6.07, 6.45) is 1.11. The third kappa shape index (κ3) is 1.71. The Hall–Kier alpha value is -1.51. The summed E-state index contributed by atoms with van der Waals surface area (Å²) in [4.78, 5) is 13.5. The highest BCUT2D eigenvalue weighted by Crippen LogP contribution is 2.17. The number of nitrogens with one attached hydrogen (secondary N) is 1. The molecule has 14 heavy (non-hydrogen) atoms. The third-order valence-electron chi connectivity index (χ3n) is 2.61. The summed E-state index contributed by atoms with van der Waals surface area (Å²) in [5.41, 5.74) is 0.858. The number of benzene rings is 1. The molecule has 1 unspecified atom stereocenters. The van der Waals surface area contributed by atoms with E-state index < -0.39 is 0 Å². The number of para-hydroxylation sites is 1. The number of carbonyl (C=O) groups excluding carboxylic acids is 1. The predicted octanol–water partition coefficient (Wildman–Crippen LogP) is 2.31. The van der Waals surface area contributed by atoms with Gasteiger partial charge in [0.05, 0.1) is 0 Å². The molecule has 3 nitrogen and oxygen atoms in total. The zero-order valence-corrected chi connectivity index (χ0v) is 8.23. The van der Waals surface area contributed by atoms with Crippen molar-refractivity contribution >= 4 is 11.7 Å². The Labute approximate surface area is 83.7 Å². The largest absolute Gasteiger partial charge is 0.322 e. The van der Waals surface area contributed by atoms with E-state index in [0.29, 0.717) is 6.04 Å². The first-order chi connectivity index (χ1) is 6.77. The zero-order chi connectivity index (χ0) is 9.97. The van der Waals surface area contributed by atoms with Crippen LogP contribution in [0.25, 0.3) is 0 Å². The molecule has 0 saturated carbocycles. The Morgan fingerprint density at radius 2 is 2.14 bits per heavy atom. The number of hydrogen-bond donors (Lipinski definition) is 1. The molecule has 0 aliphatic carbocycles. The van der Waals surface area contributed by atoms with E-state index in [1.165, 1.54) is 0 Å². The molecule has 0 bridgehead atoms. The van der Waals surface area contributed by atoms with Gasteiger partial charge < -0.3 is 10.2 Å². The molecule has 2 rings (SSSR count). The molecule has 0 radical (unpaired) electrons. The minimum Gasteiger partial charge on any atom is -0.322 e. The van der Waals surface area contributed by atoms with Gasteiger partial charge in [-0.05, 0) is 25.5 Å². The molecule has 1 fully saturated rings. The van der Waals surface area contributed by atoms with Crippen LogP contribution >= 0.6 is 0 Å². The number of carbonyl (C=O) groups is 1. The average molecular weight is 190 g/mol. The summed E-state index contributed by atoms with van der Waals surface area (Å²) in [6.45, 7) is 2.94. The van der Waals surface area contributed by atoms with Gasteiger partial charge in [-0.2, -0.15) is 0 Å². The van der Waals surface area contributed by atoms with Crippen LogP contribution in [0.2, 0.25) is 0 Å². The molecule has 1 N–H and O–H groups in total. The van der Waals surface area contributed by atoms with E-state index in [0.717, 1.165) is 18.7 Å². The molecular weight excluding hydrogens is 176 g/mol. The van der Waals surface area contributed by atoms with Crippen molar-refractivity contribution in [1.29, 1.82) is 0 Å². The van der Waals surface area contributed by atoms with Crippen molar-refractivity contribution in [3.05, 3.63) is 30.3 Å². The summed E-state index contributed by atoms with van der Waals surface area (Å²) in [7, 11) is 0. The standard InChI is InChI=1S/C11H14N2O/c1-9-7-8-13(9)11(14)12-10-5-3-2-4-6-10/h2-6,9H,7-8H2,1H3,(H,12,14). The van der Waals surface area contributed by atoms with Crippen molar-refractivity contribution in [2.45, 2.75) is 19.4 Å². The fourth-order valence-electron chi connectivity index (χ4n) is 1.53. The van der Waals surface area contributed by atoms with E-state index in [2.05, 4.69) is 12.2 Å². The second-order valence-electron chi connectivity index (χ2n) is 3.63. The minimum atomic E-state index is 0.00921. The van der Waals surface area contributed by atoms with Gasteiger partial charge in [0.2, 0.25) is 0 Å². The van der Waals surface area contributed by atoms with Crippen molar-refractivity contribution in [2.75, 3.05) is 11.9 Å². The first-order valence-electron chi connectivity index (χ1n) is 4.90. The van der Waals surface area contributed by atoms with Gasteiger partial charge in [-0.15, -0.1) is 0 Å². The third-order valence-corrected chi connectivity index (χ3v) is 2.61. The van der Waals surface area contributed by atoms with E-state index in [1.54, 1.807) is 0 Å². The molecule has 1 saturated heterocycles. The van der Waals surface area contributed by atoms with Crippen LogP contribution in [-0.4, -0.2) is 23.5 Å². The second-order valence-corrected chi connectivity index (χ2v) is 3.63. The van der Waals surface area contributed by atoms with E-state index in [9.17, 15) is 4.79 Å². The van der Waals surface area contributed by atoms with E-state index >= 15 is 0 Å². The van der Waals surface area contributed by atoms with Gasteiger partial charge in [-0.3, -0.25) is 0 Å². The number of anilines is 1. The highest BCUT2D eigenvalue weighted by Gasteiger charge is 2.27. The van der Waals surface area contributed by atoms with Crippen LogP contribution < -0.4 is 5.32 Å². The van der Waals surface area contributed by atoms with Gasteiger partial charge in [0, 0.05) is 18.3 Å². The van der Waals surface area contributed by atoms with Gasteiger partial charge >= 0.3 is 6.03 Å². The smallest absolute Gasteiger partial charge is 0.322 e. The number of urea groups is 1. The van der Waals surface area contributed by atoms with Gasteiger partial charge in [-0.25, -0.2) is 4.79 Å². The number of likely N-dealkylation sites (tertiary alicyclic amines) is 1. The topological polar surface area (TPSA) is 32.3 Å². The fraction of sp³-hybridized carbons (Fsp3) is 0.364. The fourth-order valence-corrected chi connectivity index (χ4v) is 1.53. The molecule has 1 aliphatic rings. The summed E-state index contributed by atoms with van der Waals surface area (Å²) in [6, 6.07) is 9.94.